The van der Waals surface area contributed by atoms with Gasteiger partial charge in [-0.05, 0) is 30.2 Å². The zero-order valence-corrected chi connectivity index (χ0v) is 9.32. The van der Waals surface area contributed by atoms with E-state index >= 15 is 0 Å². The van der Waals surface area contributed by atoms with Gasteiger partial charge in [-0.15, -0.1) is 0 Å². The number of nitrogens with two attached hydrogens (primary N) is 1. The van der Waals surface area contributed by atoms with Crippen LogP contribution < -0.4 is 5.73 Å². The van der Waals surface area contributed by atoms with Crippen molar-refractivity contribution in [3.8, 4) is 0 Å². The largest absolute Gasteiger partial charge is 0.409 e. The Morgan fingerprint density at radius 3 is 2.38 bits per heavy atom. The van der Waals surface area contributed by atoms with Crippen LogP contribution in [-0.2, 0) is 5.41 Å². The number of oxime groups is 1. The molecule has 0 spiro atoms. The van der Waals surface area contributed by atoms with E-state index in [2.05, 4.69) is 24.2 Å². The van der Waals surface area contributed by atoms with Crippen LogP contribution in [0.4, 0.5) is 0 Å². The second-order valence-electron chi connectivity index (χ2n) is 4.45. The second kappa shape index (κ2) is 4.16. The first-order valence-corrected chi connectivity index (χ1v) is 5.59. The molecule has 1 fully saturated rings. The van der Waals surface area contributed by atoms with Crippen LogP contribution in [0.25, 0.3) is 0 Å². The minimum atomic E-state index is 0.156. The van der Waals surface area contributed by atoms with Gasteiger partial charge in [-0.2, -0.15) is 0 Å². The summed E-state index contributed by atoms with van der Waals surface area (Å²) in [6.07, 6.45) is 4.67. The predicted octanol–water partition coefficient (Wildman–Crippen LogP) is 2.43. The molecule has 1 aliphatic carbocycles. The molecule has 2 rings (SSSR count). The summed E-state index contributed by atoms with van der Waals surface area (Å²) in [6.45, 7) is 4.04. The van der Waals surface area contributed by atoms with Gasteiger partial charge < -0.3 is 10.9 Å². The molecule has 16 heavy (non-hydrogen) atoms. The van der Waals surface area contributed by atoms with E-state index in [9.17, 15) is 0 Å². The first-order valence-electron chi connectivity index (χ1n) is 5.59. The van der Waals surface area contributed by atoms with E-state index in [0.29, 0.717) is 0 Å². The van der Waals surface area contributed by atoms with Gasteiger partial charge in [-0.3, -0.25) is 0 Å². The van der Waals surface area contributed by atoms with Crippen molar-refractivity contribution in [2.24, 2.45) is 10.9 Å². The quantitative estimate of drug-likeness (QED) is 0.353. The first kappa shape index (κ1) is 11.0. The standard InChI is InChI=1S/C13H17N2O/c1-2-13(8-3-9-13)11-6-4-10(5-7-11)12(14)15-16/h4-7,16H,1-3,8-9H2,(H2,14,15). The van der Waals surface area contributed by atoms with Crippen molar-refractivity contribution in [1.82, 2.24) is 0 Å². The maximum atomic E-state index is 8.57. The van der Waals surface area contributed by atoms with Gasteiger partial charge in [0.05, 0.1) is 0 Å². The zero-order valence-electron chi connectivity index (χ0n) is 9.32. The summed E-state index contributed by atoms with van der Waals surface area (Å²) in [5.41, 5.74) is 7.88. The van der Waals surface area contributed by atoms with Crippen LogP contribution in [0.3, 0.4) is 0 Å². The lowest BCUT2D eigenvalue weighted by Crippen LogP contribution is -2.33. The Balaban J connectivity index is 2.25. The van der Waals surface area contributed by atoms with E-state index in [0.717, 1.165) is 12.0 Å². The lowest BCUT2D eigenvalue weighted by molar-refractivity contribution is 0.245. The summed E-state index contributed by atoms with van der Waals surface area (Å²) in [5, 5.41) is 11.6. The predicted molar refractivity (Wildman–Crippen MR) is 64.5 cm³/mol. The van der Waals surface area contributed by atoms with E-state index in [1.54, 1.807) is 0 Å². The summed E-state index contributed by atoms with van der Waals surface area (Å²) >= 11 is 0. The van der Waals surface area contributed by atoms with Gasteiger partial charge in [0.25, 0.3) is 0 Å². The van der Waals surface area contributed by atoms with Crippen molar-refractivity contribution in [2.75, 3.05) is 0 Å². The number of hydrogen-bond donors (Lipinski definition) is 2. The highest BCUT2D eigenvalue weighted by atomic mass is 16.4. The number of amidine groups is 1. The second-order valence-corrected chi connectivity index (χ2v) is 4.45. The first-order chi connectivity index (χ1) is 7.72. The van der Waals surface area contributed by atoms with Gasteiger partial charge in [-0.25, -0.2) is 0 Å². The van der Waals surface area contributed by atoms with E-state index < -0.39 is 0 Å². The Kier molecular flexibility index (Phi) is 2.86. The average Bonchev–Trinajstić information content (AvgIpc) is 2.28. The summed E-state index contributed by atoms with van der Waals surface area (Å²) in [4.78, 5) is 0. The van der Waals surface area contributed by atoms with Crippen molar-refractivity contribution >= 4 is 5.84 Å². The lowest BCUT2D eigenvalue weighted by atomic mass is 9.63. The van der Waals surface area contributed by atoms with E-state index in [4.69, 9.17) is 10.9 Å². The molecule has 0 amide bonds. The van der Waals surface area contributed by atoms with E-state index in [1.807, 2.05) is 12.1 Å². The van der Waals surface area contributed by atoms with Crippen molar-refractivity contribution in [3.05, 3.63) is 42.3 Å². The van der Waals surface area contributed by atoms with Crippen molar-refractivity contribution in [3.63, 3.8) is 0 Å². The van der Waals surface area contributed by atoms with Gasteiger partial charge in [0.2, 0.25) is 0 Å². The minimum Gasteiger partial charge on any atom is -0.409 e. The van der Waals surface area contributed by atoms with E-state index in [1.165, 1.54) is 24.8 Å². The third-order valence-corrected chi connectivity index (χ3v) is 3.69. The van der Waals surface area contributed by atoms with Gasteiger partial charge in [0.1, 0.15) is 0 Å². The molecular formula is C13H17N2O. The van der Waals surface area contributed by atoms with Gasteiger partial charge >= 0.3 is 0 Å². The van der Waals surface area contributed by atoms with Crippen LogP contribution in [-0.4, -0.2) is 11.0 Å². The van der Waals surface area contributed by atoms with Crippen LogP contribution in [0.5, 0.6) is 0 Å². The topological polar surface area (TPSA) is 58.6 Å². The van der Waals surface area contributed by atoms with Crippen LogP contribution in [0.1, 0.15) is 36.8 Å². The molecule has 3 N–H and O–H groups in total. The van der Waals surface area contributed by atoms with Crippen molar-refractivity contribution in [1.29, 1.82) is 0 Å². The number of nitrogens with zero attached hydrogens (tertiary/aromatic N) is 1. The zero-order chi connectivity index (χ0) is 11.6. The minimum absolute atomic E-state index is 0.156. The molecule has 0 aromatic heterocycles. The number of hydrogen-bond acceptors (Lipinski definition) is 2. The Hall–Kier alpha value is -1.51. The monoisotopic (exact) mass is 217 g/mol. The molecule has 1 aromatic rings. The SMILES string of the molecule is [CH2]CC1(c2ccc(C(N)=NO)cc2)CCC1. The highest BCUT2D eigenvalue weighted by molar-refractivity contribution is 5.96. The van der Waals surface area contributed by atoms with Crippen LogP contribution in [0, 0.1) is 6.92 Å². The fourth-order valence-electron chi connectivity index (χ4n) is 2.34. The molecule has 0 aliphatic heterocycles. The molecule has 1 aliphatic rings. The maximum Gasteiger partial charge on any atom is 0.170 e. The molecule has 0 unspecified atom stereocenters. The van der Waals surface area contributed by atoms with Crippen molar-refractivity contribution < 1.29 is 5.21 Å². The fraction of sp³-hybridized carbons (Fsp3) is 0.385. The lowest BCUT2D eigenvalue weighted by Gasteiger charge is -2.42. The third-order valence-electron chi connectivity index (χ3n) is 3.69. The van der Waals surface area contributed by atoms with Crippen molar-refractivity contribution in [2.45, 2.75) is 31.1 Å². The Bertz CT molecular complexity index is 385. The molecule has 1 aromatic carbocycles. The number of benzene rings is 1. The molecule has 0 saturated heterocycles. The molecule has 0 atom stereocenters. The highest BCUT2D eigenvalue weighted by Crippen LogP contribution is 2.46. The van der Waals surface area contributed by atoms with Gasteiger partial charge in [-0.1, -0.05) is 42.8 Å². The average molecular weight is 217 g/mol. The summed E-state index contributed by atoms with van der Waals surface area (Å²) in [5.74, 6) is 0.156. The van der Waals surface area contributed by atoms with Gasteiger partial charge in [0.15, 0.2) is 5.84 Å². The molecule has 3 nitrogen and oxygen atoms in total. The molecule has 1 radical (unpaired) electrons. The summed E-state index contributed by atoms with van der Waals surface area (Å²) in [7, 11) is 0. The highest BCUT2D eigenvalue weighted by Gasteiger charge is 2.36. The Morgan fingerprint density at radius 2 is 2.00 bits per heavy atom. The van der Waals surface area contributed by atoms with Gasteiger partial charge in [0, 0.05) is 5.56 Å². The number of rotatable bonds is 3. The Labute approximate surface area is 96.0 Å². The Morgan fingerprint density at radius 1 is 1.38 bits per heavy atom. The summed E-state index contributed by atoms with van der Waals surface area (Å²) in [6, 6.07) is 7.94. The van der Waals surface area contributed by atoms with Crippen LogP contribution in [0.15, 0.2) is 29.4 Å². The molecular weight excluding hydrogens is 200 g/mol. The van der Waals surface area contributed by atoms with Crippen LogP contribution in [0.2, 0.25) is 0 Å². The molecule has 85 valence electrons. The summed E-state index contributed by atoms with van der Waals surface area (Å²) < 4.78 is 0. The molecule has 1 saturated carbocycles. The third kappa shape index (κ3) is 1.66. The van der Waals surface area contributed by atoms with Crippen LogP contribution >= 0.6 is 0 Å². The molecule has 0 heterocycles. The normalized spacial score (nSPS) is 19.2. The smallest absolute Gasteiger partial charge is 0.170 e. The molecule has 3 heteroatoms. The maximum absolute atomic E-state index is 8.57. The van der Waals surface area contributed by atoms with E-state index in [-0.39, 0.29) is 11.3 Å². The fourth-order valence-corrected chi connectivity index (χ4v) is 2.34. The molecule has 0 bridgehead atoms.